The highest BCUT2D eigenvalue weighted by atomic mass is 16.2. The first-order chi connectivity index (χ1) is 7.68. The Morgan fingerprint density at radius 2 is 1.88 bits per heavy atom. The molecule has 4 heteroatoms. The molecule has 1 aliphatic rings. The van der Waals surface area contributed by atoms with Crippen molar-refractivity contribution in [1.29, 1.82) is 0 Å². The number of nitrogens with two attached hydrogens (primary N) is 1. The van der Waals surface area contributed by atoms with Crippen LogP contribution in [0.1, 0.15) is 24.4 Å². The molecule has 0 unspecified atom stereocenters. The predicted molar refractivity (Wildman–Crippen MR) is 59.2 cm³/mol. The lowest BCUT2D eigenvalue weighted by Gasteiger charge is -2.15. The molecule has 4 nitrogen and oxygen atoms in total. The minimum atomic E-state index is -0.714. The van der Waals surface area contributed by atoms with Crippen LogP contribution in [0.5, 0.6) is 0 Å². The highest BCUT2D eigenvalue weighted by Crippen LogP contribution is 2.29. The van der Waals surface area contributed by atoms with Gasteiger partial charge in [0.05, 0.1) is 0 Å². The van der Waals surface area contributed by atoms with E-state index < -0.39 is 11.9 Å². The first-order valence-corrected chi connectivity index (χ1v) is 5.33. The van der Waals surface area contributed by atoms with Gasteiger partial charge in [-0.15, -0.1) is 0 Å². The van der Waals surface area contributed by atoms with Gasteiger partial charge in [0.1, 0.15) is 6.04 Å². The summed E-state index contributed by atoms with van der Waals surface area (Å²) >= 11 is 0. The van der Waals surface area contributed by atoms with Crippen LogP contribution in [0, 0.1) is 5.92 Å². The topological polar surface area (TPSA) is 72.2 Å². The second kappa shape index (κ2) is 4.35. The maximum atomic E-state index is 11.6. The van der Waals surface area contributed by atoms with Gasteiger partial charge in [0.2, 0.25) is 11.8 Å². The standard InChI is InChI=1S/C12H14N2O2/c13-11(15)10(8-4-2-1-3-5-8)14-12(16)9-6-7-9/h1-5,9-10H,6-7H2,(H2,13,15)(H,14,16)/t10-/m1/s1. The molecule has 0 aromatic heterocycles. The van der Waals surface area contributed by atoms with Gasteiger partial charge in [-0.2, -0.15) is 0 Å². The average Bonchev–Trinajstić information content (AvgIpc) is 3.10. The molecule has 0 radical (unpaired) electrons. The van der Waals surface area contributed by atoms with Gasteiger partial charge in [0.15, 0.2) is 0 Å². The van der Waals surface area contributed by atoms with E-state index in [2.05, 4.69) is 5.32 Å². The first-order valence-electron chi connectivity index (χ1n) is 5.33. The van der Waals surface area contributed by atoms with E-state index in [0.717, 1.165) is 18.4 Å². The molecule has 0 bridgehead atoms. The van der Waals surface area contributed by atoms with Gasteiger partial charge in [-0.3, -0.25) is 9.59 Å². The minimum absolute atomic E-state index is 0.0746. The van der Waals surface area contributed by atoms with Crippen molar-refractivity contribution in [3.63, 3.8) is 0 Å². The molecule has 3 N–H and O–H groups in total. The molecule has 1 saturated carbocycles. The molecule has 84 valence electrons. The number of amides is 2. The second-order valence-corrected chi connectivity index (χ2v) is 4.03. The van der Waals surface area contributed by atoms with Gasteiger partial charge < -0.3 is 11.1 Å². The van der Waals surface area contributed by atoms with Crippen molar-refractivity contribution >= 4 is 11.8 Å². The third kappa shape index (κ3) is 2.39. The van der Waals surface area contributed by atoms with Crippen LogP contribution in [0.4, 0.5) is 0 Å². The molecule has 2 rings (SSSR count). The lowest BCUT2D eigenvalue weighted by Crippen LogP contribution is -2.38. The Bertz CT molecular complexity index is 399. The van der Waals surface area contributed by atoms with Crippen molar-refractivity contribution in [2.75, 3.05) is 0 Å². The van der Waals surface area contributed by atoms with Gasteiger partial charge >= 0.3 is 0 Å². The summed E-state index contributed by atoms with van der Waals surface area (Å²) in [5, 5.41) is 2.68. The Kier molecular flexibility index (Phi) is 2.90. The number of carbonyl (C=O) groups excluding carboxylic acids is 2. The fraction of sp³-hybridized carbons (Fsp3) is 0.333. The molecule has 1 atom stereocenters. The number of rotatable bonds is 4. The molecule has 0 saturated heterocycles. The summed E-state index contributed by atoms with van der Waals surface area (Å²) in [6.45, 7) is 0. The van der Waals surface area contributed by atoms with E-state index in [0.29, 0.717) is 0 Å². The first kappa shape index (κ1) is 10.7. The fourth-order valence-corrected chi connectivity index (χ4v) is 1.57. The van der Waals surface area contributed by atoms with Crippen LogP contribution in [0.15, 0.2) is 30.3 Å². The smallest absolute Gasteiger partial charge is 0.244 e. The molecule has 1 aliphatic carbocycles. The zero-order chi connectivity index (χ0) is 11.5. The van der Waals surface area contributed by atoms with E-state index in [-0.39, 0.29) is 11.8 Å². The van der Waals surface area contributed by atoms with E-state index >= 15 is 0 Å². The molecule has 2 amide bonds. The van der Waals surface area contributed by atoms with Gasteiger partial charge in [-0.25, -0.2) is 0 Å². The van der Waals surface area contributed by atoms with E-state index in [1.807, 2.05) is 18.2 Å². The number of hydrogen-bond donors (Lipinski definition) is 2. The monoisotopic (exact) mass is 218 g/mol. The number of carbonyl (C=O) groups is 2. The summed E-state index contributed by atoms with van der Waals surface area (Å²) in [5.74, 6) is -0.529. The van der Waals surface area contributed by atoms with Crippen LogP contribution < -0.4 is 11.1 Å². The highest BCUT2D eigenvalue weighted by Gasteiger charge is 2.32. The maximum Gasteiger partial charge on any atom is 0.244 e. The van der Waals surface area contributed by atoms with Crippen LogP contribution in [-0.2, 0) is 9.59 Å². The summed E-state index contributed by atoms with van der Waals surface area (Å²) in [7, 11) is 0. The number of nitrogens with one attached hydrogen (secondary N) is 1. The van der Waals surface area contributed by atoms with Crippen molar-refractivity contribution in [3.8, 4) is 0 Å². The molecular formula is C12H14N2O2. The third-order valence-corrected chi connectivity index (χ3v) is 2.65. The molecular weight excluding hydrogens is 204 g/mol. The zero-order valence-electron chi connectivity index (χ0n) is 8.85. The quantitative estimate of drug-likeness (QED) is 0.782. The summed E-state index contributed by atoms with van der Waals surface area (Å²) in [6.07, 6.45) is 1.82. The van der Waals surface area contributed by atoms with E-state index in [1.165, 1.54) is 0 Å². The van der Waals surface area contributed by atoms with Gasteiger partial charge in [0, 0.05) is 5.92 Å². The van der Waals surface area contributed by atoms with Crippen molar-refractivity contribution in [2.45, 2.75) is 18.9 Å². The summed E-state index contributed by atoms with van der Waals surface area (Å²) in [5.41, 5.74) is 6.01. The van der Waals surface area contributed by atoms with Crippen molar-refractivity contribution in [2.24, 2.45) is 11.7 Å². The van der Waals surface area contributed by atoms with Crippen molar-refractivity contribution < 1.29 is 9.59 Å². The zero-order valence-corrected chi connectivity index (χ0v) is 8.85. The molecule has 1 fully saturated rings. The molecule has 1 aromatic rings. The Balaban J connectivity index is 2.11. The fourth-order valence-electron chi connectivity index (χ4n) is 1.57. The Morgan fingerprint density at radius 3 is 2.38 bits per heavy atom. The van der Waals surface area contributed by atoms with Crippen LogP contribution in [0.25, 0.3) is 0 Å². The Labute approximate surface area is 93.8 Å². The summed E-state index contributed by atoms with van der Waals surface area (Å²) in [6, 6.07) is 8.33. The van der Waals surface area contributed by atoms with Crippen LogP contribution in [-0.4, -0.2) is 11.8 Å². The van der Waals surface area contributed by atoms with Gasteiger partial charge in [-0.1, -0.05) is 30.3 Å². The number of benzene rings is 1. The van der Waals surface area contributed by atoms with Crippen molar-refractivity contribution in [1.82, 2.24) is 5.32 Å². The second-order valence-electron chi connectivity index (χ2n) is 4.03. The predicted octanol–water partition coefficient (Wildman–Crippen LogP) is 0.739. The summed E-state index contributed by atoms with van der Waals surface area (Å²) in [4.78, 5) is 22.9. The minimum Gasteiger partial charge on any atom is -0.368 e. The van der Waals surface area contributed by atoms with E-state index in [9.17, 15) is 9.59 Å². The summed E-state index contributed by atoms with van der Waals surface area (Å²) < 4.78 is 0. The normalized spacial score (nSPS) is 16.5. The number of primary amides is 1. The molecule has 0 aliphatic heterocycles. The SMILES string of the molecule is NC(=O)[C@H](NC(=O)C1CC1)c1ccccc1. The van der Waals surface area contributed by atoms with Crippen LogP contribution in [0.3, 0.4) is 0 Å². The molecule has 1 aromatic carbocycles. The van der Waals surface area contributed by atoms with Crippen LogP contribution in [0.2, 0.25) is 0 Å². The molecule has 0 heterocycles. The Hall–Kier alpha value is -1.84. The Morgan fingerprint density at radius 1 is 1.25 bits per heavy atom. The molecule has 16 heavy (non-hydrogen) atoms. The van der Waals surface area contributed by atoms with E-state index in [1.54, 1.807) is 12.1 Å². The lowest BCUT2D eigenvalue weighted by atomic mass is 10.1. The highest BCUT2D eigenvalue weighted by molar-refractivity contribution is 5.89. The molecule has 0 spiro atoms. The largest absolute Gasteiger partial charge is 0.368 e. The average molecular weight is 218 g/mol. The third-order valence-electron chi connectivity index (χ3n) is 2.65. The van der Waals surface area contributed by atoms with Crippen molar-refractivity contribution in [3.05, 3.63) is 35.9 Å². The van der Waals surface area contributed by atoms with Gasteiger partial charge in [-0.05, 0) is 18.4 Å². The van der Waals surface area contributed by atoms with Crippen LogP contribution >= 0.6 is 0 Å². The lowest BCUT2D eigenvalue weighted by molar-refractivity contribution is -0.128. The number of hydrogen-bond acceptors (Lipinski definition) is 2. The van der Waals surface area contributed by atoms with Gasteiger partial charge in [0.25, 0.3) is 0 Å². The maximum absolute atomic E-state index is 11.6. The van der Waals surface area contributed by atoms with E-state index in [4.69, 9.17) is 5.73 Å².